The third-order valence-corrected chi connectivity index (χ3v) is 3.26. The first-order chi connectivity index (χ1) is 6.48. The first-order valence-electron chi connectivity index (χ1n) is 5.41. The maximum atomic E-state index is 5.72. The summed E-state index contributed by atoms with van der Waals surface area (Å²) in [5.74, 6) is 0. The summed E-state index contributed by atoms with van der Waals surface area (Å²) in [6.07, 6.45) is 2.84. The maximum Gasteiger partial charge on any atom is 0.0601 e. The van der Waals surface area contributed by atoms with E-state index in [9.17, 15) is 0 Å². The Morgan fingerprint density at radius 1 is 1.43 bits per heavy atom. The zero-order valence-electron chi connectivity index (χ0n) is 9.92. The predicted octanol–water partition coefficient (Wildman–Crippen LogP) is 1.08. The monoisotopic (exact) mass is 200 g/mol. The van der Waals surface area contributed by atoms with Crippen molar-refractivity contribution in [2.75, 3.05) is 27.2 Å². The average molecular weight is 200 g/mol. The minimum absolute atomic E-state index is 0.229. The lowest BCUT2D eigenvalue weighted by Gasteiger charge is -2.43. The lowest BCUT2D eigenvalue weighted by Crippen LogP contribution is -2.49. The van der Waals surface area contributed by atoms with Gasteiger partial charge in [-0.3, -0.25) is 0 Å². The van der Waals surface area contributed by atoms with Crippen LogP contribution in [-0.2, 0) is 4.74 Å². The van der Waals surface area contributed by atoms with Crippen LogP contribution in [0.3, 0.4) is 0 Å². The summed E-state index contributed by atoms with van der Waals surface area (Å²) in [6.45, 7) is 6.26. The summed E-state index contributed by atoms with van der Waals surface area (Å²) in [5, 5.41) is 0. The molecule has 0 aromatic heterocycles. The van der Waals surface area contributed by atoms with Crippen molar-refractivity contribution >= 4 is 0 Å². The van der Waals surface area contributed by atoms with Gasteiger partial charge >= 0.3 is 0 Å². The van der Waals surface area contributed by atoms with Crippen LogP contribution in [-0.4, -0.2) is 44.3 Å². The van der Waals surface area contributed by atoms with Gasteiger partial charge in [0.25, 0.3) is 0 Å². The van der Waals surface area contributed by atoms with Gasteiger partial charge in [0.15, 0.2) is 0 Å². The van der Waals surface area contributed by atoms with Gasteiger partial charge in [-0.25, -0.2) is 0 Å². The number of ether oxygens (including phenoxy) is 1. The maximum absolute atomic E-state index is 5.72. The van der Waals surface area contributed by atoms with Gasteiger partial charge in [-0.05, 0) is 31.8 Å². The fourth-order valence-electron chi connectivity index (χ4n) is 1.96. The summed E-state index contributed by atoms with van der Waals surface area (Å²) in [4.78, 5) is 2.42. The van der Waals surface area contributed by atoms with Crippen LogP contribution in [0.2, 0.25) is 0 Å². The Kier molecular flexibility index (Phi) is 3.93. The minimum Gasteiger partial charge on any atom is -0.381 e. The summed E-state index contributed by atoms with van der Waals surface area (Å²) >= 11 is 0. The molecule has 3 heteroatoms. The molecule has 0 heterocycles. The van der Waals surface area contributed by atoms with Gasteiger partial charge in [0.2, 0.25) is 0 Å². The molecule has 0 atom stereocenters. The second-order valence-corrected chi connectivity index (χ2v) is 5.27. The topological polar surface area (TPSA) is 38.5 Å². The molecule has 1 aliphatic rings. The molecular weight excluding hydrogens is 176 g/mol. The van der Waals surface area contributed by atoms with Crippen LogP contribution in [0.4, 0.5) is 0 Å². The highest BCUT2D eigenvalue weighted by Gasteiger charge is 2.33. The fraction of sp³-hybridized carbons (Fsp3) is 1.00. The molecule has 0 aromatic carbocycles. The van der Waals surface area contributed by atoms with Crippen molar-refractivity contribution in [3.05, 3.63) is 0 Å². The molecule has 0 spiro atoms. The Morgan fingerprint density at radius 2 is 2.00 bits per heavy atom. The van der Waals surface area contributed by atoms with E-state index in [0.717, 1.165) is 13.1 Å². The fourth-order valence-corrected chi connectivity index (χ4v) is 1.96. The van der Waals surface area contributed by atoms with Crippen molar-refractivity contribution in [1.82, 2.24) is 4.90 Å². The highest BCUT2D eigenvalue weighted by molar-refractivity contribution is 4.88. The molecule has 1 saturated carbocycles. The molecule has 0 aliphatic heterocycles. The van der Waals surface area contributed by atoms with E-state index < -0.39 is 0 Å². The molecule has 1 rings (SSSR count). The van der Waals surface area contributed by atoms with Crippen LogP contribution < -0.4 is 5.73 Å². The second kappa shape index (κ2) is 4.60. The molecule has 0 aromatic rings. The van der Waals surface area contributed by atoms with Crippen LogP contribution in [0.15, 0.2) is 0 Å². The van der Waals surface area contributed by atoms with Crippen molar-refractivity contribution in [3.63, 3.8) is 0 Å². The zero-order chi connectivity index (χ0) is 10.8. The van der Waals surface area contributed by atoms with Crippen LogP contribution in [0, 0.1) is 5.41 Å². The second-order valence-electron chi connectivity index (χ2n) is 5.27. The van der Waals surface area contributed by atoms with E-state index in [-0.39, 0.29) is 5.41 Å². The van der Waals surface area contributed by atoms with E-state index in [1.807, 2.05) is 0 Å². The van der Waals surface area contributed by atoms with Crippen molar-refractivity contribution in [3.8, 4) is 0 Å². The van der Waals surface area contributed by atoms with Crippen molar-refractivity contribution in [1.29, 1.82) is 0 Å². The van der Waals surface area contributed by atoms with Gasteiger partial charge in [0.1, 0.15) is 0 Å². The molecule has 0 radical (unpaired) electrons. The molecule has 1 fully saturated rings. The van der Waals surface area contributed by atoms with E-state index in [0.29, 0.717) is 12.1 Å². The largest absolute Gasteiger partial charge is 0.381 e. The van der Waals surface area contributed by atoms with Gasteiger partial charge in [-0.1, -0.05) is 13.8 Å². The number of nitrogens with two attached hydrogens (primary N) is 1. The van der Waals surface area contributed by atoms with Gasteiger partial charge < -0.3 is 15.4 Å². The van der Waals surface area contributed by atoms with E-state index >= 15 is 0 Å². The lowest BCUT2D eigenvalue weighted by atomic mass is 9.85. The first kappa shape index (κ1) is 12.0. The van der Waals surface area contributed by atoms with Gasteiger partial charge in [0, 0.05) is 19.7 Å². The molecule has 14 heavy (non-hydrogen) atoms. The minimum atomic E-state index is 0.229. The molecule has 0 amide bonds. The number of rotatable bonds is 5. The normalized spacial score (nSPS) is 27.9. The van der Waals surface area contributed by atoms with Crippen LogP contribution in [0.5, 0.6) is 0 Å². The molecule has 3 nitrogen and oxygen atoms in total. The molecular formula is C11H24N2O. The van der Waals surface area contributed by atoms with Gasteiger partial charge in [-0.2, -0.15) is 0 Å². The van der Waals surface area contributed by atoms with E-state index in [2.05, 4.69) is 25.8 Å². The summed E-state index contributed by atoms with van der Waals surface area (Å²) < 4.78 is 5.27. The molecule has 84 valence electrons. The molecule has 1 aliphatic carbocycles. The zero-order valence-corrected chi connectivity index (χ0v) is 9.92. The quantitative estimate of drug-likeness (QED) is 0.722. The Labute approximate surface area is 87.6 Å². The SMILES string of the molecule is COC1CC(N(C)CC(C)(C)CN)C1. The third-order valence-electron chi connectivity index (χ3n) is 3.26. The van der Waals surface area contributed by atoms with Crippen LogP contribution >= 0.6 is 0 Å². The highest BCUT2D eigenvalue weighted by Crippen LogP contribution is 2.28. The predicted molar refractivity (Wildman–Crippen MR) is 59.3 cm³/mol. The van der Waals surface area contributed by atoms with Crippen LogP contribution in [0.25, 0.3) is 0 Å². The molecule has 2 N–H and O–H groups in total. The smallest absolute Gasteiger partial charge is 0.0601 e. The van der Waals surface area contributed by atoms with Crippen LogP contribution in [0.1, 0.15) is 26.7 Å². The highest BCUT2D eigenvalue weighted by atomic mass is 16.5. The number of nitrogens with zero attached hydrogens (tertiary/aromatic N) is 1. The van der Waals surface area contributed by atoms with E-state index in [1.54, 1.807) is 7.11 Å². The van der Waals surface area contributed by atoms with Crippen molar-refractivity contribution in [2.45, 2.75) is 38.8 Å². The van der Waals surface area contributed by atoms with Gasteiger partial charge in [0.05, 0.1) is 6.10 Å². The summed E-state index contributed by atoms with van der Waals surface area (Å²) in [7, 11) is 3.98. The molecule has 0 unspecified atom stereocenters. The summed E-state index contributed by atoms with van der Waals surface area (Å²) in [6, 6.07) is 0.700. The van der Waals surface area contributed by atoms with E-state index in [1.165, 1.54) is 12.8 Å². The lowest BCUT2D eigenvalue weighted by molar-refractivity contribution is -0.0272. The Hall–Kier alpha value is -0.120. The number of hydrogen-bond donors (Lipinski definition) is 1. The van der Waals surface area contributed by atoms with Crippen molar-refractivity contribution in [2.24, 2.45) is 11.1 Å². The Morgan fingerprint density at radius 3 is 2.43 bits per heavy atom. The number of hydrogen-bond acceptors (Lipinski definition) is 3. The van der Waals surface area contributed by atoms with E-state index in [4.69, 9.17) is 10.5 Å². The average Bonchev–Trinajstić information content (AvgIpc) is 2.01. The standard InChI is InChI=1S/C11H24N2O/c1-11(2,7-12)8-13(3)9-5-10(6-9)14-4/h9-10H,5-8,12H2,1-4H3. The number of methoxy groups -OCH3 is 1. The third kappa shape index (κ3) is 2.94. The first-order valence-corrected chi connectivity index (χ1v) is 5.41. The Balaban J connectivity index is 2.27. The summed E-state index contributed by atoms with van der Waals surface area (Å²) in [5.41, 5.74) is 5.95. The molecule has 0 bridgehead atoms. The van der Waals surface area contributed by atoms with Crippen molar-refractivity contribution < 1.29 is 4.74 Å². The Bertz CT molecular complexity index is 176. The van der Waals surface area contributed by atoms with Gasteiger partial charge in [-0.15, -0.1) is 0 Å². The molecule has 0 saturated heterocycles.